The first-order chi connectivity index (χ1) is 11.2. The van der Waals surface area contributed by atoms with Gasteiger partial charge in [0.15, 0.2) is 0 Å². The summed E-state index contributed by atoms with van der Waals surface area (Å²) in [7, 11) is 1.83. The monoisotopic (exact) mass is 307 g/mol. The highest BCUT2D eigenvalue weighted by Crippen LogP contribution is 2.26. The number of aryl methyl sites for hydroxylation is 1. The summed E-state index contributed by atoms with van der Waals surface area (Å²) in [4.78, 5) is 4.22. The van der Waals surface area contributed by atoms with E-state index in [1.165, 1.54) is 12.1 Å². The molecule has 0 saturated carbocycles. The number of benzene rings is 1. The van der Waals surface area contributed by atoms with Gasteiger partial charge in [-0.15, -0.1) is 0 Å². The Hall–Kier alpha value is -3.20. The van der Waals surface area contributed by atoms with Crippen molar-refractivity contribution in [2.75, 3.05) is 5.32 Å². The number of aromatic nitrogens is 3. The molecule has 0 amide bonds. The van der Waals surface area contributed by atoms with Crippen molar-refractivity contribution in [2.24, 2.45) is 7.05 Å². The average molecular weight is 307 g/mol. The molecule has 0 radical (unpaired) electrons. The van der Waals surface area contributed by atoms with Crippen molar-refractivity contribution in [1.29, 1.82) is 5.26 Å². The fourth-order valence-corrected chi connectivity index (χ4v) is 2.32. The lowest BCUT2D eigenvalue weighted by Gasteiger charge is -2.18. The zero-order valence-corrected chi connectivity index (χ0v) is 12.4. The molecule has 3 rings (SSSR count). The van der Waals surface area contributed by atoms with Gasteiger partial charge in [-0.1, -0.05) is 12.1 Å². The van der Waals surface area contributed by atoms with Crippen LogP contribution in [-0.2, 0) is 7.05 Å². The second kappa shape index (κ2) is 6.28. The van der Waals surface area contributed by atoms with Crippen LogP contribution in [0.3, 0.4) is 0 Å². The maximum Gasteiger partial charge on any atom is 0.144 e. The van der Waals surface area contributed by atoms with E-state index in [1.54, 1.807) is 35.1 Å². The van der Waals surface area contributed by atoms with E-state index < -0.39 is 0 Å². The number of hydrogen-bond acceptors (Lipinski definition) is 4. The first-order valence-corrected chi connectivity index (χ1v) is 7.04. The SMILES string of the molecule is Cn1ccc([C@@H](Nc2ncccc2C#N)c2ccc(F)cc2)n1. The van der Waals surface area contributed by atoms with Crippen LogP contribution in [0, 0.1) is 17.1 Å². The third-order valence-corrected chi connectivity index (χ3v) is 3.44. The molecule has 0 unspecified atom stereocenters. The second-order valence-electron chi connectivity index (χ2n) is 5.05. The van der Waals surface area contributed by atoms with Gasteiger partial charge in [-0.05, 0) is 35.9 Å². The molecule has 1 N–H and O–H groups in total. The summed E-state index contributed by atoms with van der Waals surface area (Å²) in [5.41, 5.74) is 2.03. The molecule has 0 spiro atoms. The highest BCUT2D eigenvalue weighted by atomic mass is 19.1. The highest BCUT2D eigenvalue weighted by Gasteiger charge is 2.18. The number of nitrogens with one attached hydrogen (secondary N) is 1. The lowest BCUT2D eigenvalue weighted by molar-refractivity contribution is 0.626. The number of halogens is 1. The number of rotatable bonds is 4. The molecule has 5 nitrogen and oxygen atoms in total. The zero-order valence-electron chi connectivity index (χ0n) is 12.4. The highest BCUT2D eigenvalue weighted by molar-refractivity contribution is 5.54. The van der Waals surface area contributed by atoms with E-state index in [1.807, 2.05) is 19.3 Å². The Bertz CT molecular complexity index is 848. The summed E-state index contributed by atoms with van der Waals surface area (Å²) in [5.74, 6) is 0.166. The van der Waals surface area contributed by atoms with Gasteiger partial charge in [0.25, 0.3) is 0 Å². The molecule has 6 heteroatoms. The Morgan fingerprint density at radius 3 is 2.65 bits per heavy atom. The van der Waals surface area contributed by atoms with E-state index in [0.29, 0.717) is 11.4 Å². The number of hydrogen-bond donors (Lipinski definition) is 1. The molecule has 0 saturated heterocycles. The van der Waals surface area contributed by atoms with Gasteiger partial charge in [0.2, 0.25) is 0 Å². The van der Waals surface area contributed by atoms with Crippen LogP contribution in [0.2, 0.25) is 0 Å². The second-order valence-corrected chi connectivity index (χ2v) is 5.05. The van der Waals surface area contributed by atoms with Crippen LogP contribution < -0.4 is 5.32 Å². The zero-order chi connectivity index (χ0) is 16.2. The molecule has 0 aliphatic carbocycles. The molecular formula is C17H14FN5. The molecule has 0 fully saturated rings. The lowest BCUT2D eigenvalue weighted by Crippen LogP contribution is -2.15. The van der Waals surface area contributed by atoms with E-state index in [4.69, 9.17) is 0 Å². The third-order valence-electron chi connectivity index (χ3n) is 3.44. The third kappa shape index (κ3) is 3.19. The van der Waals surface area contributed by atoms with Crippen LogP contribution >= 0.6 is 0 Å². The number of nitriles is 1. The smallest absolute Gasteiger partial charge is 0.144 e. The van der Waals surface area contributed by atoms with Crippen LogP contribution in [0.15, 0.2) is 54.9 Å². The number of nitrogens with zero attached hydrogens (tertiary/aromatic N) is 4. The van der Waals surface area contributed by atoms with Crippen molar-refractivity contribution < 1.29 is 4.39 Å². The van der Waals surface area contributed by atoms with Crippen LogP contribution in [0.25, 0.3) is 0 Å². The molecule has 23 heavy (non-hydrogen) atoms. The van der Waals surface area contributed by atoms with E-state index in [2.05, 4.69) is 21.5 Å². The maximum absolute atomic E-state index is 13.2. The Morgan fingerprint density at radius 1 is 1.22 bits per heavy atom. The Labute approximate surface area is 133 Å². The minimum absolute atomic E-state index is 0.302. The largest absolute Gasteiger partial charge is 0.356 e. The molecule has 3 aromatic rings. The molecule has 0 aliphatic heterocycles. The molecule has 2 aromatic heterocycles. The standard InChI is InChI=1S/C17H14FN5/c1-23-10-8-15(22-23)16(12-4-6-14(18)7-5-12)21-17-13(11-19)3-2-9-20-17/h2-10,16H,1H3,(H,20,21)/t16-/m0/s1. The first-order valence-electron chi connectivity index (χ1n) is 7.04. The predicted molar refractivity (Wildman–Crippen MR) is 84.0 cm³/mol. The van der Waals surface area contributed by atoms with Gasteiger partial charge in [0, 0.05) is 19.4 Å². The van der Waals surface area contributed by atoms with Crippen LogP contribution in [0.5, 0.6) is 0 Å². The van der Waals surface area contributed by atoms with Crippen LogP contribution in [0.1, 0.15) is 22.9 Å². The molecule has 0 bridgehead atoms. The summed E-state index contributed by atoms with van der Waals surface area (Å²) in [6.45, 7) is 0. The van der Waals surface area contributed by atoms with E-state index in [9.17, 15) is 9.65 Å². The summed E-state index contributed by atoms with van der Waals surface area (Å²) in [6, 6.07) is 13.2. The van der Waals surface area contributed by atoms with Gasteiger partial charge < -0.3 is 5.32 Å². The van der Waals surface area contributed by atoms with Gasteiger partial charge in [-0.25, -0.2) is 9.37 Å². The maximum atomic E-state index is 13.2. The minimum atomic E-state index is -0.334. The molecule has 114 valence electrons. The van der Waals surface area contributed by atoms with Crippen molar-refractivity contribution in [3.05, 3.63) is 77.5 Å². The van der Waals surface area contributed by atoms with E-state index >= 15 is 0 Å². The summed E-state index contributed by atoms with van der Waals surface area (Å²) >= 11 is 0. The quantitative estimate of drug-likeness (QED) is 0.804. The van der Waals surface area contributed by atoms with E-state index in [-0.39, 0.29) is 11.9 Å². The topological polar surface area (TPSA) is 66.5 Å². The van der Waals surface area contributed by atoms with Crippen LogP contribution in [0.4, 0.5) is 10.2 Å². The van der Waals surface area contributed by atoms with Crippen LogP contribution in [-0.4, -0.2) is 14.8 Å². The van der Waals surface area contributed by atoms with Crippen molar-refractivity contribution in [3.63, 3.8) is 0 Å². The molecule has 1 atom stereocenters. The normalized spacial score (nSPS) is 11.7. The summed E-state index contributed by atoms with van der Waals surface area (Å²) in [5, 5.41) is 16.9. The van der Waals surface area contributed by atoms with Crippen molar-refractivity contribution in [2.45, 2.75) is 6.04 Å². The summed E-state index contributed by atoms with van der Waals surface area (Å²) in [6.07, 6.45) is 3.44. The van der Waals surface area contributed by atoms with Crippen molar-refractivity contribution in [3.8, 4) is 6.07 Å². The molecule has 0 aliphatic rings. The Kier molecular flexibility index (Phi) is 4.02. The summed E-state index contributed by atoms with van der Waals surface area (Å²) < 4.78 is 14.9. The molecule has 2 heterocycles. The number of pyridine rings is 1. The fraction of sp³-hybridized carbons (Fsp3) is 0.118. The van der Waals surface area contributed by atoms with Gasteiger partial charge in [0.1, 0.15) is 17.7 Å². The number of anilines is 1. The molecule has 1 aromatic carbocycles. The Balaban J connectivity index is 2.02. The minimum Gasteiger partial charge on any atom is -0.356 e. The average Bonchev–Trinajstić information content (AvgIpc) is 3.00. The first kappa shape index (κ1) is 14.7. The Morgan fingerprint density at radius 2 is 2.00 bits per heavy atom. The van der Waals surface area contributed by atoms with Crippen molar-refractivity contribution in [1.82, 2.24) is 14.8 Å². The van der Waals surface area contributed by atoms with Gasteiger partial charge in [-0.2, -0.15) is 10.4 Å². The fourth-order valence-electron chi connectivity index (χ4n) is 2.32. The van der Waals surface area contributed by atoms with Gasteiger partial charge in [0.05, 0.1) is 17.3 Å². The lowest BCUT2D eigenvalue weighted by atomic mass is 10.0. The van der Waals surface area contributed by atoms with E-state index in [0.717, 1.165) is 11.3 Å². The van der Waals surface area contributed by atoms with Crippen molar-refractivity contribution >= 4 is 5.82 Å². The van der Waals surface area contributed by atoms with Gasteiger partial charge >= 0.3 is 0 Å². The molecular weight excluding hydrogens is 293 g/mol. The van der Waals surface area contributed by atoms with Gasteiger partial charge in [-0.3, -0.25) is 4.68 Å². The predicted octanol–water partition coefficient (Wildman–Crippen LogP) is 3.03.